The van der Waals surface area contributed by atoms with E-state index in [1.165, 1.54) is 6.26 Å². The molecule has 7 heteroatoms. The van der Waals surface area contributed by atoms with Gasteiger partial charge in [-0.25, -0.2) is 8.42 Å². The largest absolute Gasteiger partial charge is 0.409 e. The summed E-state index contributed by atoms with van der Waals surface area (Å²) in [6.07, 6.45) is 1.21. The lowest BCUT2D eigenvalue weighted by Crippen LogP contribution is -2.32. The van der Waals surface area contributed by atoms with E-state index in [4.69, 9.17) is 10.9 Å². The van der Waals surface area contributed by atoms with Gasteiger partial charge in [-0.3, -0.25) is 0 Å². The third-order valence-electron chi connectivity index (χ3n) is 2.54. The van der Waals surface area contributed by atoms with Gasteiger partial charge in [0.05, 0.1) is 5.75 Å². The Bertz CT molecular complexity index is 555. The summed E-state index contributed by atoms with van der Waals surface area (Å²) < 4.78 is 22.3. The second-order valence-corrected chi connectivity index (χ2v) is 6.74. The first kappa shape index (κ1) is 15.5. The zero-order valence-corrected chi connectivity index (χ0v) is 11.8. The Labute approximate surface area is 113 Å². The summed E-state index contributed by atoms with van der Waals surface area (Å²) in [5.41, 5.74) is 7.06. The van der Waals surface area contributed by atoms with Crippen LogP contribution in [0.2, 0.25) is 0 Å². The fourth-order valence-corrected chi connectivity index (χ4v) is 2.73. The van der Waals surface area contributed by atoms with Crippen LogP contribution in [0.25, 0.3) is 0 Å². The number of sulfone groups is 1. The lowest BCUT2D eigenvalue weighted by Gasteiger charge is -2.13. The van der Waals surface area contributed by atoms with Crippen molar-refractivity contribution in [2.75, 3.05) is 12.0 Å². The van der Waals surface area contributed by atoms with Crippen LogP contribution in [0, 0.1) is 0 Å². The maximum atomic E-state index is 11.1. The molecule has 1 atom stereocenters. The minimum absolute atomic E-state index is 0.0473. The van der Waals surface area contributed by atoms with Gasteiger partial charge in [0.1, 0.15) is 9.84 Å². The molecule has 0 radical (unpaired) electrons. The molecular formula is C12H19N3O3S. The van der Waals surface area contributed by atoms with E-state index in [-0.39, 0.29) is 17.6 Å². The van der Waals surface area contributed by atoms with Crippen molar-refractivity contribution in [1.82, 2.24) is 5.32 Å². The number of hydrogen-bond donors (Lipinski definition) is 3. The highest BCUT2D eigenvalue weighted by Gasteiger charge is 2.10. The van der Waals surface area contributed by atoms with E-state index in [0.29, 0.717) is 12.1 Å². The second-order valence-electron chi connectivity index (χ2n) is 4.56. The highest BCUT2D eigenvalue weighted by Crippen LogP contribution is 2.05. The summed E-state index contributed by atoms with van der Waals surface area (Å²) in [5.74, 6) is 0.137. The molecule has 1 aromatic carbocycles. The molecule has 1 aromatic rings. The zero-order chi connectivity index (χ0) is 14.5. The first-order valence-electron chi connectivity index (χ1n) is 5.80. The molecule has 0 spiro atoms. The number of amidine groups is 1. The van der Waals surface area contributed by atoms with Gasteiger partial charge >= 0.3 is 0 Å². The van der Waals surface area contributed by atoms with E-state index in [0.717, 1.165) is 5.56 Å². The summed E-state index contributed by atoms with van der Waals surface area (Å²) in [6, 6.07) is 7.07. The van der Waals surface area contributed by atoms with Crippen molar-refractivity contribution in [3.05, 3.63) is 35.4 Å². The number of rotatable bonds is 6. The molecule has 0 fully saturated rings. The molecule has 106 valence electrons. The zero-order valence-electron chi connectivity index (χ0n) is 11.0. The van der Waals surface area contributed by atoms with E-state index in [2.05, 4.69) is 10.5 Å². The SMILES string of the molecule is CC(CS(C)(=O)=O)NCc1cccc(C(N)=NO)c1. The molecule has 1 unspecified atom stereocenters. The Hall–Kier alpha value is -1.60. The molecule has 0 bridgehead atoms. The van der Waals surface area contributed by atoms with Gasteiger partial charge in [0.25, 0.3) is 0 Å². The van der Waals surface area contributed by atoms with Crippen LogP contribution in [-0.2, 0) is 16.4 Å². The van der Waals surface area contributed by atoms with Crippen LogP contribution in [0.5, 0.6) is 0 Å². The van der Waals surface area contributed by atoms with E-state index >= 15 is 0 Å². The Kier molecular flexibility index (Phi) is 5.31. The van der Waals surface area contributed by atoms with Crippen LogP contribution < -0.4 is 11.1 Å². The highest BCUT2D eigenvalue weighted by molar-refractivity contribution is 7.90. The van der Waals surface area contributed by atoms with Gasteiger partial charge < -0.3 is 16.3 Å². The molecule has 0 heterocycles. The van der Waals surface area contributed by atoms with Gasteiger partial charge in [0, 0.05) is 24.4 Å². The van der Waals surface area contributed by atoms with Crippen LogP contribution in [0.3, 0.4) is 0 Å². The molecule has 0 saturated carbocycles. The summed E-state index contributed by atoms with van der Waals surface area (Å²) in [5, 5.41) is 14.7. The van der Waals surface area contributed by atoms with Crippen molar-refractivity contribution < 1.29 is 13.6 Å². The standard InChI is InChI=1S/C12H19N3O3S/c1-9(8-19(2,17)18)14-7-10-4-3-5-11(6-10)12(13)15-16/h3-6,9,14,16H,7-8H2,1-2H3,(H2,13,15). The summed E-state index contributed by atoms with van der Waals surface area (Å²) in [4.78, 5) is 0. The van der Waals surface area contributed by atoms with Crippen LogP contribution >= 0.6 is 0 Å². The minimum atomic E-state index is -2.99. The van der Waals surface area contributed by atoms with Crippen molar-refractivity contribution in [2.45, 2.75) is 19.5 Å². The number of hydrogen-bond acceptors (Lipinski definition) is 5. The van der Waals surface area contributed by atoms with Crippen molar-refractivity contribution in [3.8, 4) is 0 Å². The van der Waals surface area contributed by atoms with E-state index in [9.17, 15) is 8.42 Å². The summed E-state index contributed by atoms with van der Waals surface area (Å²) in [6.45, 7) is 2.33. The average Bonchev–Trinajstić information content (AvgIpc) is 2.34. The molecule has 0 aromatic heterocycles. The Morgan fingerprint density at radius 2 is 2.21 bits per heavy atom. The lowest BCUT2D eigenvalue weighted by atomic mass is 10.1. The molecule has 0 saturated heterocycles. The monoisotopic (exact) mass is 285 g/mol. The first-order chi connectivity index (χ1) is 8.81. The van der Waals surface area contributed by atoms with Crippen LogP contribution in [0.15, 0.2) is 29.4 Å². The molecule has 4 N–H and O–H groups in total. The smallest absolute Gasteiger partial charge is 0.170 e. The molecule has 1 rings (SSSR count). The topological polar surface area (TPSA) is 105 Å². The van der Waals surface area contributed by atoms with Crippen LogP contribution in [0.1, 0.15) is 18.1 Å². The van der Waals surface area contributed by atoms with Gasteiger partial charge in [-0.1, -0.05) is 23.4 Å². The van der Waals surface area contributed by atoms with Gasteiger partial charge in [0.2, 0.25) is 0 Å². The second kappa shape index (κ2) is 6.53. The summed E-state index contributed by atoms with van der Waals surface area (Å²) in [7, 11) is -2.99. The van der Waals surface area contributed by atoms with E-state index in [1.807, 2.05) is 13.0 Å². The molecule has 0 aliphatic rings. The van der Waals surface area contributed by atoms with E-state index < -0.39 is 9.84 Å². The Morgan fingerprint density at radius 3 is 2.79 bits per heavy atom. The Balaban J connectivity index is 2.63. The number of oxime groups is 1. The van der Waals surface area contributed by atoms with Crippen molar-refractivity contribution >= 4 is 15.7 Å². The van der Waals surface area contributed by atoms with E-state index in [1.54, 1.807) is 18.2 Å². The molecule has 6 nitrogen and oxygen atoms in total. The average molecular weight is 285 g/mol. The third-order valence-corrected chi connectivity index (χ3v) is 3.64. The maximum absolute atomic E-state index is 11.1. The fourth-order valence-electron chi connectivity index (χ4n) is 1.70. The summed E-state index contributed by atoms with van der Waals surface area (Å²) >= 11 is 0. The van der Waals surface area contributed by atoms with Crippen molar-refractivity contribution in [1.29, 1.82) is 0 Å². The number of nitrogens with two attached hydrogens (primary N) is 1. The highest BCUT2D eigenvalue weighted by atomic mass is 32.2. The quantitative estimate of drug-likeness (QED) is 0.302. The van der Waals surface area contributed by atoms with Crippen LogP contribution in [0.4, 0.5) is 0 Å². The van der Waals surface area contributed by atoms with Crippen molar-refractivity contribution in [3.63, 3.8) is 0 Å². The molecule has 19 heavy (non-hydrogen) atoms. The Morgan fingerprint density at radius 1 is 1.53 bits per heavy atom. The molecule has 0 amide bonds. The fraction of sp³-hybridized carbons (Fsp3) is 0.417. The predicted octanol–water partition coefficient (Wildman–Crippen LogP) is 0.304. The minimum Gasteiger partial charge on any atom is -0.409 e. The predicted molar refractivity (Wildman–Crippen MR) is 75.0 cm³/mol. The van der Waals surface area contributed by atoms with Gasteiger partial charge in [-0.2, -0.15) is 0 Å². The van der Waals surface area contributed by atoms with Crippen molar-refractivity contribution in [2.24, 2.45) is 10.9 Å². The lowest BCUT2D eigenvalue weighted by molar-refractivity contribution is 0.318. The molecular weight excluding hydrogens is 266 g/mol. The first-order valence-corrected chi connectivity index (χ1v) is 7.86. The van der Waals surface area contributed by atoms with Gasteiger partial charge in [-0.15, -0.1) is 0 Å². The number of nitrogens with one attached hydrogen (secondary N) is 1. The molecule has 0 aliphatic carbocycles. The van der Waals surface area contributed by atoms with Crippen LogP contribution in [-0.4, -0.2) is 37.5 Å². The third kappa shape index (κ3) is 5.71. The maximum Gasteiger partial charge on any atom is 0.170 e. The van der Waals surface area contributed by atoms with Gasteiger partial charge in [-0.05, 0) is 18.6 Å². The number of benzene rings is 1. The normalized spacial score (nSPS) is 14.3. The molecule has 0 aliphatic heterocycles. The number of nitrogens with zero attached hydrogens (tertiary/aromatic N) is 1. The van der Waals surface area contributed by atoms with Gasteiger partial charge in [0.15, 0.2) is 5.84 Å².